The molecule has 0 aliphatic carbocycles. The maximum Gasteiger partial charge on any atom is 0.198 e. The number of benzene rings is 2. The molecule has 6 heteroatoms. The van der Waals surface area contributed by atoms with Gasteiger partial charge in [0.05, 0.1) is 17.9 Å². The lowest BCUT2D eigenvalue weighted by molar-refractivity contribution is 0.642. The Morgan fingerprint density at radius 1 is 1.00 bits per heavy atom. The average molecular weight is 469 g/mol. The first-order valence-electron chi connectivity index (χ1n) is 12.5. The van der Waals surface area contributed by atoms with E-state index in [2.05, 4.69) is 102 Å². The third-order valence-electron chi connectivity index (χ3n) is 6.22. The highest BCUT2D eigenvalue weighted by molar-refractivity contribution is 5.64. The van der Waals surface area contributed by atoms with Gasteiger partial charge in [0.15, 0.2) is 5.95 Å². The van der Waals surface area contributed by atoms with E-state index < -0.39 is 0 Å². The summed E-state index contributed by atoms with van der Waals surface area (Å²) in [6, 6.07) is 19.0. The number of imidazole rings is 1. The molecule has 3 N–H and O–H groups in total. The highest BCUT2D eigenvalue weighted by atomic mass is 15.4. The summed E-state index contributed by atoms with van der Waals surface area (Å²) in [5.74, 6) is 1.00. The Balaban J connectivity index is 1.24. The molecule has 182 valence electrons. The average Bonchev–Trinajstić information content (AvgIpc) is 3.45. The first kappa shape index (κ1) is 24.5. The summed E-state index contributed by atoms with van der Waals surface area (Å²) in [6.07, 6.45) is 9.40. The predicted molar refractivity (Wildman–Crippen MR) is 144 cm³/mol. The van der Waals surface area contributed by atoms with E-state index in [0.29, 0.717) is 11.9 Å². The van der Waals surface area contributed by atoms with E-state index in [-0.39, 0.29) is 0 Å². The molecule has 35 heavy (non-hydrogen) atoms. The summed E-state index contributed by atoms with van der Waals surface area (Å²) in [6.45, 7) is 7.29. The van der Waals surface area contributed by atoms with Crippen LogP contribution in [0, 0.1) is 0 Å². The van der Waals surface area contributed by atoms with E-state index in [1.165, 1.54) is 16.7 Å². The molecule has 0 bridgehead atoms. The molecular formula is C29H36N6. The highest BCUT2D eigenvalue weighted by Crippen LogP contribution is 2.26. The summed E-state index contributed by atoms with van der Waals surface area (Å²) in [4.78, 5) is 7.81. The molecule has 0 amide bonds. The van der Waals surface area contributed by atoms with Crippen LogP contribution in [0.2, 0.25) is 0 Å². The zero-order valence-electron chi connectivity index (χ0n) is 21.0. The van der Waals surface area contributed by atoms with Crippen LogP contribution in [0.1, 0.15) is 68.5 Å². The topological polar surface area (TPSA) is 85.4 Å². The van der Waals surface area contributed by atoms with Gasteiger partial charge in [-0.25, -0.2) is 9.67 Å². The number of aryl methyl sites for hydroxylation is 2. The Labute approximate surface area is 208 Å². The number of anilines is 1. The molecule has 4 rings (SSSR count). The molecule has 2 aromatic heterocycles. The van der Waals surface area contributed by atoms with Crippen molar-refractivity contribution < 1.29 is 0 Å². The lowest BCUT2D eigenvalue weighted by Gasteiger charge is -2.07. The Morgan fingerprint density at radius 3 is 2.49 bits per heavy atom. The molecule has 2 aromatic carbocycles. The van der Waals surface area contributed by atoms with Crippen LogP contribution in [0.3, 0.4) is 0 Å². The van der Waals surface area contributed by atoms with Gasteiger partial charge in [0.2, 0.25) is 0 Å². The van der Waals surface area contributed by atoms with Gasteiger partial charge in [0.1, 0.15) is 0 Å². The van der Waals surface area contributed by atoms with Crippen LogP contribution in [0.15, 0.2) is 66.4 Å². The molecule has 0 saturated carbocycles. The van der Waals surface area contributed by atoms with E-state index in [4.69, 9.17) is 5.73 Å². The molecule has 4 aromatic rings. The van der Waals surface area contributed by atoms with Crippen molar-refractivity contribution >= 4 is 12.0 Å². The third-order valence-corrected chi connectivity index (χ3v) is 6.22. The molecule has 0 unspecified atom stereocenters. The first-order chi connectivity index (χ1) is 17.0. The SMILES string of the molecule is C/C(=C/c1ccccc1)Cn1cc(CCCCCc2[nH]c(N)nc2-c2ccc(C(C)C)cc2)nn1. The molecule has 6 nitrogen and oxygen atoms in total. The van der Waals surface area contributed by atoms with E-state index in [9.17, 15) is 0 Å². The van der Waals surface area contributed by atoms with Crippen molar-refractivity contribution in [1.82, 2.24) is 25.0 Å². The number of H-pyrrole nitrogens is 1. The zero-order chi connectivity index (χ0) is 24.6. The molecule has 0 spiro atoms. The van der Waals surface area contributed by atoms with Gasteiger partial charge in [0.25, 0.3) is 0 Å². The second-order valence-electron chi connectivity index (χ2n) is 9.60. The van der Waals surface area contributed by atoms with Crippen LogP contribution in [0.25, 0.3) is 17.3 Å². The van der Waals surface area contributed by atoms with Gasteiger partial charge in [-0.15, -0.1) is 5.10 Å². The number of hydrogen-bond acceptors (Lipinski definition) is 4. The van der Waals surface area contributed by atoms with E-state index >= 15 is 0 Å². The first-order valence-corrected chi connectivity index (χ1v) is 12.5. The van der Waals surface area contributed by atoms with Crippen LogP contribution in [-0.2, 0) is 19.4 Å². The zero-order valence-corrected chi connectivity index (χ0v) is 21.0. The van der Waals surface area contributed by atoms with Crippen molar-refractivity contribution in [3.05, 3.63) is 88.9 Å². The molecule has 0 fully saturated rings. The maximum atomic E-state index is 5.99. The Kier molecular flexibility index (Phi) is 8.14. The van der Waals surface area contributed by atoms with Crippen molar-refractivity contribution in [1.29, 1.82) is 0 Å². The quantitative estimate of drug-likeness (QED) is 0.248. The summed E-state index contributed by atoms with van der Waals surface area (Å²) in [5, 5.41) is 8.67. The van der Waals surface area contributed by atoms with Gasteiger partial charge in [-0.3, -0.25) is 0 Å². The number of aromatic nitrogens is 5. The second-order valence-corrected chi connectivity index (χ2v) is 9.60. The van der Waals surface area contributed by atoms with Crippen molar-refractivity contribution in [3.8, 4) is 11.3 Å². The molecule has 0 saturated heterocycles. The van der Waals surface area contributed by atoms with Crippen LogP contribution >= 0.6 is 0 Å². The molecular weight excluding hydrogens is 432 g/mol. The number of aromatic amines is 1. The monoisotopic (exact) mass is 468 g/mol. The van der Waals surface area contributed by atoms with Crippen molar-refractivity contribution in [2.75, 3.05) is 5.73 Å². The van der Waals surface area contributed by atoms with Gasteiger partial charge in [-0.1, -0.05) is 91.7 Å². The van der Waals surface area contributed by atoms with E-state index in [1.807, 2.05) is 10.7 Å². The van der Waals surface area contributed by atoms with E-state index in [0.717, 1.165) is 61.3 Å². The van der Waals surface area contributed by atoms with Crippen LogP contribution < -0.4 is 5.73 Å². The van der Waals surface area contributed by atoms with Crippen LogP contribution in [-0.4, -0.2) is 25.0 Å². The van der Waals surface area contributed by atoms with Gasteiger partial charge in [-0.2, -0.15) is 0 Å². The largest absolute Gasteiger partial charge is 0.369 e. The van der Waals surface area contributed by atoms with Crippen molar-refractivity contribution in [3.63, 3.8) is 0 Å². The molecule has 0 aliphatic heterocycles. The summed E-state index contributed by atoms with van der Waals surface area (Å²) in [7, 11) is 0. The summed E-state index contributed by atoms with van der Waals surface area (Å²) < 4.78 is 1.92. The maximum absolute atomic E-state index is 5.99. The minimum absolute atomic E-state index is 0.483. The minimum atomic E-state index is 0.483. The fraction of sp³-hybridized carbons (Fsp3) is 0.345. The Hall–Kier alpha value is -3.67. The third kappa shape index (κ3) is 6.92. The smallest absolute Gasteiger partial charge is 0.198 e. The lowest BCUT2D eigenvalue weighted by Crippen LogP contribution is -1.99. The van der Waals surface area contributed by atoms with Gasteiger partial charge < -0.3 is 10.7 Å². The van der Waals surface area contributed by atoms with Gasteiger partial charge in [0, 0.05) is 17.5 Å². The number of nitrogens with zero attached hydrogens (tertiary/aromatic N) is 4. The highest BCUT2D eigenvalue weighted by Gasteiger charge is 2.11. The Bertz CT molecular complexity index is 1230. The van der Waals surface area contributed by atoms with Crippen LogP contribution in [0.4, 0.5) is 5.95 Å². The Morgan fingerprint density at radius 2 is 1.74 bits per heavy atom. The number of hydrogen-bond donors (Lipinski definition) is 2. The van der Waals surface area contributed by atoms with Gasteiger partial charge in [-0.05, 0) is 49.7 Å². The fourth-order valence-corrected chi connectivity index (χ4v) is 4.33. The number of unbranched alkanes of at least 4 members (excludes halogenated alkanes) is 2. The second kappa shape index (κ2) is 11.6. The normalized spacial score (nSPS) is 11.9. The molecule has 0 atom stereocenters. The number of nitrogens with one attached hydrogen (secondary N) is 1. The molecule has 0 radical (unpaired) electrons. The fourth-order valence-electron chi connectivity index (χ4n) is 4.33. The standard InChI is InChI=1S/C29H36N6/c1-21(2)24-14-16-25(17-15-24)28-27(31-29(30)32-28)13-9-5-8-12-26-20-35(34-33-26)19-22(3)18-23-10-6-4-7-11-23/h4,6-7,10-11,14-18,20-21H,5,8-9,12-13,19H2,1-3H3,(H3,30,31,32)/b22-18-. The number of allylic oxidation sites excluding steroid dienone is 1. The summed E-state index contributed by atoms with van der Waals surface area (Å²) >= 11 is 0. The summed E-state index contributed by atoms with van der Waals surface area (Å²) in [5.41, 5.74) is 14.0. The van der Waals surface area contributed by atoms with Crippen LogP contribution in [0.5, 0.6) is 0 Å². The number of nitrogen functional groups attached to an aromatic ring is 1. The van der Waals surface area contributed by atoms with E-state index in [1.54, 1.807) is 0 Å². The molecule has 0 aliphatic rings. The number of rotatable bonds is 11. The lowest BCUT2D eigenvalue weighted by atomic mass is 9.99. The number of nitrogens with two attached hydrogens (primary N) is 1. The minimum Gasteiger partial charge on any atom is -0.369 e. The predicted octanol–water partition coefficient (Wildman–Crippen LogP) is 6.43. The van der Waals surface area contributed by atoms with Gasteiger partial charge >= 0.3 is 0 Å². The van der Waals surface area contributed by atoms with Crippen molar-refractivity contribution in [2.24, 2.45) is 0 Å². The van der Waals surface area contributed by atoms with Crippen molar-refractivity contribution in [2.45, 2.75) is 65.3 Å². The molecule has 2 heterocycles.